The van der Waals surface area contributed by atoms with Gasteiger partial charge >= 0.3 is 11.9 Å². The number of rotatable bonds is 2. The summed E-state index contributed by atoms with van der Waals surface area (Å²) < 4.78 is 10.4. The van der Waals surface area contributed by atoms with Crippen LogP contribution >= 0.6 is 0 Å². The fraction of sp³-hybridized carbons (Fsp3) is 0.529. The minimum Gasteiger partial charge on any atom is -0.461 e. The van der Waals surface area contributed by atoms with Crippen LogP contribution in [0.25, 0.3) is 0 Å². The highest BCUT2D eigenvalue weighted by Gasteiger charge is 2.33. The molecule has 0 aromatic heterocycles. The maximum atomic E-state index is 12.0. The van der Waals surface area contributed by atoms with E-state index in [1.165, 1.54) is 6.92 Å². The van der Waals surface area contributed by atoms with Gasteiger partial charge in [-0.15, -0.1) is 0 Å². The number of esters is 2. The zero-order chi connectivity index (χ0) is 16.3. The Hall–Kier alpha value is -1.88. The fourth-order valence-electron chi connectivity index (χ4n) is 2.60. The number of carbonyl (C=O) groups is 2. The van der Waals surface area contributed by atoms with Gasteiger partial charge in [0.05, 0.1) is 11.7 Å². The summed E-state index contributed by atoms with van der Waals surface area (Å²) >= 11 is 0. The molecular weight excluding hydrogens is 284 g/mol. The van der Waals surface area contributed by atoms with Crippen LogP contribution in [0.15, 0.2) is 34.4 Å². The molecule has 0 aromatic rings. The summed E-state index contributed by atoms with van der Waals surface area (Å²) in [5.41, 5.74) is 3.20. The van der Waals surface area contributed by atoms with E-state index in [0.717, 1.165) is 23.1 Å². The Morgan fingerprint density at radius 1 is 1.41 bits per heavy atom. The topological polar surface area (TPSA) is 72.8 Å². The monoisotopic (exact) mass is 306 g/mol. The predicted octanol–water partition coefficient (Wildman–Crippen LogP) is 2.21. The van der Waals surface area contributed by atoms with E-state index in [9.17, 15) is 14.7 Å². The summed E-state index contributed by atoms with van der Waals surface area (Å²) in [6.45, 7) is 5.08. The molecule has 5 nitrogen and oxygen atoms in total. The third-order valence-electron chi connectivity index (χ3n) is 4.05. The smallest absolute Gasteiger partial charge is 0.338 e. The van der Waals surface area contributed by atoms with Crippen LogP contribution < -0.4 is 0 Å². The van der Waals surface area contributed by atoms with E-state index in [1.807, 2.05) is 19.9 Å². The molecule has 0 bridgehead atoms. The molecule has 0 fully saturated rings. The highest BCUT2D eigenvalue weighted by Crippen LogP contribution is 2.31. The molecular formula is C17H22O5. The molecule has 2 unspecified atom stereocenters. The van der Waals surface area contributed by atoms with Crippen LogP contribution in [0, 0.1) is 0 Å². The third kappa shape index (κ3) is 3.85. The van der Waals surface area contributed by atoms with Gasteiger partial charge in [-0.25, -0.2) is 4.79 Å². The van der Waals surface area contributed by atoms with E-state index in [0.29, 0.717) is 18.4 Å². The Bertz CT molecular complexity index is 568. The predicted molar refractivity (Wildman–Crippen MR) is 80.9 cm³/mol. The molecule has 1 heterocycles. The second kappa shape index (κ2) is 6.92. The zero-order valence-corrected chi connectivity index (χ0v) is 13.2. The van der Waals surface area contributed by atoms with Gasteiger partial charge in [-0.05, 0) is 50.3 Å². The van der Waals surface area contributed by atoms with Crippen molar-refractivity contribution in [2.75, 3.05) is 6.61 Å². The standard InChI is InChI=1S/C17H22O5/c1-10-4-6-13-14(9-21-12(3)18)17(20)22-16(13)8-11(2)15(19)7-5-10/h5,8,15-16,19H,4,6-7,9H2,1-3H3. The van der Waals surface area contributed by atoms with Gasteiger partial charge in [0.25, 0.3) is 0 Å². The zero-order valence-electron chi connectivity index (χ0n) is 13.2. The van der Waals surface area contributed by atoms with Gasteiger partial charge in [-0.2, -0.15) is 0 Å². The van der Waals surface area contributed by atoms with E-state index in [-0.39, 0.29) is 6.61 Å². The molecule has 0 saturated carbocycles. The van der Waals surface area contributed by atoms with Crippen molar-refractivity contribution >= 4 is 11.9 Å². The molecule has 0 saturated heterocycles. The average Bonchev–Trinajstić information content (AvgIpc) is 2.74. The van der Waals surface area contributed by atoms with E-state index in [1.54, 1.807) is 6.08 Å². The lowest BCUT2D eigenvalue weighted by molar-refractivity contribution is -0.142. The number of allylic oxidation sites excluding steroid dienone is 1. The molecule has 120 valence electrons. The lowest BCUT2D eigenvalue weighted by Gasteiger charge is -2.17. The SMILES string of the molecule is CC(=O)OCC1=C2CCC(C)=CCC(O)C(C)=CC2OC1=O. The number of fused-ring (bicyclic) bond motifs is 1. The minimum atomic E-state index is -0.578. The summed E-state index contributed by atoms with van der Waals surface area (Å²) in [6.07, 6.45) is 4.78. The molecule has 1 aliphatic carbocycles. The molecule has 2 rings (SSSR count). The first kappa shape index (κ1) is 16.5. The van der Waals surface area contributed by atoms with E-state index >= 15 is 0 Å². The van der Waals surface area contributed by atoms with Gasteiger partial charge < -0.3 is 14.6 Å². The van der Waals surface area contributed by atoms with Crippen molar-refractivity contribution in [1.29, 1.82) is 0 Å². The van der Waals surface area contributed by atoms with Crippen molar-refractivity contribution in [3.05, 3.63) is 34.4 Å². The first-order chi connectivity index (χ1) is 10.4. The Kier molecular flexibility index (Phi) is 5.19. The Morgan fingerprint density at radius 2 is 2.14 bits per heavy atom. The van der Waals surface area contributed by atoms with Gasteiger partial charge in [-0.3, -0.25) is 4.79 Å². The molecule has 5 heteroatoms. The Labute approximate surface area is 130 Å². The van der Waals surface area contributed by atoms with E-state index < -0.39 is 24.1 Å². The molecule has 1 N–H and O–H groups in total. The lowest BCUT2D eigenvalue weighted by Crippen LogP contribution is -2.15. The van der Waals surface area contributed by atoms with Crippen LogP contribution in [-0.2, 0) is 19.1 Å². The largest absolute Gasteiger partial charge is 0.461 e. The number of aliphatic hydroxyl groups excluding tert-OH is 1. The van der Waals surface area contributed by atoms with Crippen molar-refractivity contribution in [2.24, 2.45) is 0 Å². The number of carbonyl (C=O) groups excluding carboxylic acids is 2. The highest BCUT2D eigenvalue weighted by molar-refractivity contribution is 5.93. The normalized spacial score (nSPS) is 25.9. The van der Waals surface area contributed by atoms with Crippen molar-refractivity contribution in [1.82, 2.24) is 0 Å². The summed E-state index contributed by atoms with van der Waals surface area (Å²) in [6, 6.07) is 0. The molecule has 2 aliphatic rings. The van der Waals surface area contributed by atoms with Crippen molar-refractivity contribution < 1.29 is 24.2 Å². The summed E-state index contributed by atoms with van der Waals surface area (Å²) in [5.74, 6) is -0.872. The second-order valence-electron chi connectivity index (χ2n) is 5.82. The molecule has 0 spiro atoms. The number of ether oxygens (including phenoxy) is 2. The molecule has 2 atom stereocenters. The van der Waals surface area contributed by atoms with Gasteiger partial charge in [0.15, 0.2) is 0 Å². The number of hydrogen-bond acceptors (Lipinski definition) is 5. The summed E-state index contributed by atoms with van der Waals surface area (Å²) in [5, 5.41) is 10.1. The number of hydrogen-bond donors (Lipinski definition) is 1. The Balaban J connectivity index is 2.34. The first-order valence-electron chi connectivity index (χ1n) is 7.46. The molecule has 1 aliphatic heterocycles. The van der Waals surface area contributed by atoms with Gasteiger partial charge in [-0.1, -0.05) is 11.6 Å². The maximum Gasteiger partial charge on any atom is 0.338 e. The number of aliphatic hydroxyl groups is 1. The van der Waals surface area contributed by atoms with Crippen molar-refractivity contribution in [2.45, 2.75) is 52.2 Å². The molecule has 0 aromatic carbocycles. The summed E-state index contributed by atoms with van der Waals surface area (Å²) in [7, 11) is 0. The molecule has 0 radical (unpaired) electrons. The van der Waals surface area contributed by atoms with Crippen LogP contribution in [0.5, 0.6) is 0 Å². The van der Waals surface area contributed by atoms with E-state index in [4.69, 9.17) is 9.47 Å². The summed E-state index contributed by atoms with van der Waals surface area (Å²) in [4.78, 5) is 23.0. The Morgan fingerprint density at radius 3 is 2.82 bits per heavy atom. The van der Waals surface area contributed by atoms with Gasteiger partial charge in [0.2, 0.25) is 0 Å². The maximum absolute atomic E-state index is 12.0. The lowest BCUT2D eigenvalue weighted by atomic mass is 9.93. The van der Waals surface area contributed by atoms with Crippen LogP contribution in [0.2, 0.25) is 0 Å². The second-order valence-corrected chi connectivity index (χ2v) is 5.82. The van der Waals surface area contributed by atoms with Crippen molar-refractivity contribution in [3.8, 4) is 0 Å². The van der Waals surface area contributed by atoms with Gasteiger partial charge in [0, 0.05) is 6.92 Å². The first-order valence-corrected chi connectivity index (χ1v) is 7.46. The van der Waals surface area contributed by atoms with Gasteiger partial charge in [0.1, 0.15) is 12.7 Å². The molecule has 22 heavy (non-hydrogen) atoms. The molecule has 0 amide bonds. The minimum absolute atomic E-state index is 0.0573. The average molecular weight is 306 g/mol. The quantitative estimate of drug-likeness (QED) is 0.625. The van der Waals surface area contributed by atoms with Crippen LogP contribution in [-0.4, -0.2) is 35.9 Å². The fourth-order valence-corrected chi connectivity index (χ4v) is 2.60. The van der Waals surface area contributed by atoms with Crippen LogP contribution in [0.4, 0.5) is 0 Å². The third-order valence-corrected chi connectivity index (χ3v) is 4.05. The highest BCUT2D eigenvalue weighted by atomic mass is 16.6. The van der Waals surface area contributed by atoms with E-state index in [2.05, 4.69) is 0 Å². The van der Waals surface area contributed by atoms with Crippen molar-refractivity contribution in [3.63, 3.8) is 0 Å². The van der Waals surface area contributed by atoms with Crippen LogP contribution in [0.1, 0.15) is 40.0 Å². The van der Waals surface area contributed by atoms with Crippen LogP contribution in [0.3, 0.4) is 0 Å².